The van der Waals surface area contributed by atoms with Crippen molar-refractivity contribution in [3.63, 3.8) is 0 Å². The number of benzene rings is 1. The number of carbonyl (C=O) groups excluding carboxylic acids is 1. The predicted octanol–water partition coefficient (Wildman–Crippen LogP) is 0.172. The lowest BCUT2D eigenvalue weighted by Crippen LogP contribution is -2.43. The summed E-state index contributed by atoms with van der Waals surface area (Å²) < 4.78 is 0. The van der Waals surface area contributed by atoms with E-state index in [0.717, 1.165) is 5.69 Å². The Morgan fingerprint density at radius 3 is 2.57 bits per heavy atom. The first-order valence-electron chi connectivity index (χ1n) is 4.51. The molecule has 1 aromatic rings. The van der Waals surface area contributed by atoms with Crippen molar-refractivity contribution in [1.82, 2.24) is 5.32 Å². The maximum absolute atomic E-state index is 11.5. The van der Waals surface area contributed by atoms with E-state index in [1.807, 2.05) is 30.3 Å². The topological polar surface area (TPSA) is 67.1 Å². The summed E-state index contributed by atoms with van der Waals surface area (Å²) in [4.78, 5) is 11.5. The Bertz CT molecular complexity index is 283. The Balaban J connectivity index is 2.57. The molecular formula is C10H15N3O. The third-order valence-corrected chi connectivity index (χ3v) is 1.94. The van der Waals surface area contributed by atoms with E-state index in [4.69, 9.17) is 5.73 Å². The van der Waals surface area contributed by atoms with Gasteiger partial charge < -0.3 is 16.4 Å². The average Bonchev–Trinajstić information content (AvgIpc) is 2.21. The van der Waals surface area contributed by atoms with E-state index in [1.54, 1.807) is 7.05 Å². The summed E-state index contributed by atoms with van der Waals surface area (Å²) >= 11 is 0. The molecular weight excluding hydrogens is 178 g/mol. The van der Waals surface area contributed by atoms with Crippen LogP contribution in [-0.4, -0.2) is 25.5 Å². The monoisotopic (exact) mass is 193 g/mol. The average molecular weight is 193 g/mol. The molecule has 4 heteroatoms. The van der Waals surface area contributed by atoms with Gasteiger partial charge in [-0.15, -0.1) is 0 Å². The number of carbonyl (C=O) groups is 1. The van der Waals surface area contributed by atoms with Crippen LogP contribution in [0.3, 0.4) is 0 Å². The molecule has 0 fully saturated rings. The standard InChI is InChI=1S/C10H15N3O/c1-12-9(7-11)10(14)13-8-5-3-2-4-6-8/h2-6,9,12H,7,11H2,1H3,(H,13,14). The zero-order valence-electron chi connectivity index (χ0n) is 8.16. The van der Waals surface area contributed by atoms with Crippen molar-refractivity contribution in [3.05, 3.63) is 30.3 Å². The highest BCUT2D eigenvalue weighted by atomic mass is 16.2. The van der Waals surface area contributed by atoms with Gasteiger partial charge in [0.1, 0.15) is 0 Å². The lowest BCUT2D eigenvalue weighted by molar-refractivity contribution is -0.117. The summed E-state index contributed by atoms with van der Waals surface area (Å²) in [6, 6.07) is 8.96. The van der Waals surface area contributed by atoms with Crippen molar-refractivity contribution in [2.45, 2.75) is 6.04 Å². The van der Waals surface area contributed by atoms with Gasteiger partial charge in [0.25, 0.3) is 0 Å². The molecule has 14 heavy (non-hydrogen) atoms. The number of nitrogens with one attached hydrogen (secondary N) is 2. The molecule has 1 amide bonds. The lowest BCUT2D eigenvalue weighted by atomic mass is 10.2. The zero-order valence-corrected chi connectivity index (χ0v) is 8.16. The molecule has 76 valence electrons. The van der Waals surface area contributed by atoms with E-state index in [1.165, 1.54) is 0 Å². The van der Waals surface area contributed by atoms with Crippen LogP contribution >= 0.6 is 0 Å². The molecule has 1 atom stereocenters. The summed E-state index contributed by atoms with van der Waals surface area (Å²) in [7, 11) is 1.71. The van der Waals surface area contributed by atoms with Gasteiger partial charge in [0.15, 0.2) is 0 Å². The first-order valence-corrected chi connectivity index (χ1v) is 4.51. The van der Waals surface area contributed by atoms with Crippen molar-refractivity contribution in [1.29, 1.82) is 0 Å². The Hall–Kier alpha value is -1.39. The van der Waals surface area contributed by atoms with E-state index in [-0.39, 0.29) is 18.5 Å². The van der Waals surface area contributed by atoms with Crippen molar-refractivity contribution < 1.29 is 4.79 Å². The fraction of sp³-hybridized carbons (Fsp3) is 0.300. The molecule has 0 aromatic heterocycles. The minimum Gasteiger partial charge on any atom is -0.328 e. The van der Waals surface area contributed by atoms with E-state index in [9.17, 15) is 4.79 Å². The number of nitrogens with two attached hydrogens (primary N) is 1. The van der Waals surface area contributed by atoms with Gasteiger partial charge in [0, 0.05) is 12.2 Å². The number of rotatable bonds is 4. The molecule has 0 bridgehead atoms. The van der Waals surface area contributed by atoms with Gasteiger partial charge in [-0.3, -0.25) is 4.79 Å². The smallest absolute Gasteiger partial charge is 0.242 e. The summed E-state index contributed by atoms with van der Waals surface area (Å²) in [5.41, 5.74) is 6.20. The van der Waals surface area contributed by atoms with E-state index in [0.29, 0.717) is 0 Å². The van der Waals surface area contributed by atoms with Crippen LogP contribution in [0.4, 0.5) is 5.69 Å². The molecule has 1 unspecified atom stereocenters. The first kappa shape index (κ1) is 10.7. The van der Waals surface area contributed by atoms with Crippen molar-refractivity contribution >= 4 is 11.6 Å². The van der Waals surface area contributed by atoms with Crippen LogP contribution in [0.25, 0.3) is 0 Å². The Morgan fingerprint density at radius 2 is 2.07 bits per heavy atom. The number of hydrogen-bond acceptors (Lipinski definition) is 3. The van der Waals surface area contributed by atoms with Gasteiger partial charge in [0.2, 0.25) is 5.91 Å². The van der Waals surface area contributed by atoms with Gasteiger partial charge >= 0.3 is 0 Å². The third kappa shape index (κ3) is 2.83. The maximum atomic E-state index is 11.5. The second-order valence-corrected chi connectivity index (χ2v) is 2.93. The molecule has 0 heterocycles. The zero-order chi connectivity index (χ0) is 10.4. The van der Waals surface area contributed by atoms with E-state index >= 15 is 0 Å². The minimum atomic E-state index is -0.338. The molecule has 0 aliphatic heterocycles. The summed E-state index contributed by atoms with van der Waals surface area (Å²) in [5, 5.41) is 5.60. The highest BCUT2D eigenvalue weighted by Crippen LogP contribution is 2.04. The maximum Gasteiger partial charge on any atom is 0.242 e. The summed E-state index contributed by atoms with van der Waals surface area (Å²) in [6.45, 7) is 0.287. The Kier molecular flexibility index (Phi) is 4.10. The van der Waals surface area contributed by atoms with Gasteiger partial charge in [-0.25, -0.2) is 0 Å². The molecule has 0 saturated heterocycles. The molecule has 1 aromatic carbocycles. The van der Waals surface area contributed by atoms with Crippen LogP contribution < -0.4 is 16.4 Å². The normalized spacial score (nSPS) is 12.1. The molecule has 4 nitrogen and oxygen atoms in total. The number of hydrogen-bond donors (Lipinski definition) is 3. The van der Waals surface area contributed by atoms with Crippen molar-refractivity contribution in [2.24, 2.45) is 5.73 Å². The predicted molar refractivity (Wildman–Crippen MR) is 57.0 cm³/mol. The molecule has 0 aliphatic carbocycles. The fourth-order valence-electron chi connectivity index (χ4n) is 1.11. The highest BCUT2D eigenvalue weighted by molar-refractivity contribution is 5.94. The third-order valence-electron chi connectivity index (χ3n) is 1.94. The van der Waals surface area contributed by atoms with Crippen LogP contribution in [0, 0.1) is 0 Å². The minimum absolute atomic E-state index is 0.110. The van der Waals surface area contributed by atoms with Gasteiger partial charge in [0.05, 0.1) is 6.04 Å². The van der Waals surface area contributed by atoms with E-state index < -0.39 is 0 Å². The fourth-order valence-corrected chi connectivity index (χ4v) is 1.11. The Labute approximate surface area is 83.5 Å². The lowest BCUT2D eigenvalue weighted by Gasteiger charge is -2.13. The van der Waals surface area contributed by atoms with Gasteiger partial charge in [-0.2, -0.15) is 0 Å². The second kappa shape index (κ2) is 5.36. The second-order valence-electron chi connectivity index (χ2n) is 2.93. The van der Waals surface area contributed by atoms with Crippen LogP contribution in [0.1, 0.15) is 0 Å². The number of likely N-dealkylation sites (N-methyl/N-ethyl adjacent to an activating group) is 1. The van der Waals surface area contributed by atoms with Gasteiger partial charge in [-0.05, 0) is 19.2 Å². The van der Waals surface area contributed by atoms with Crippen LogP contribution in [0.15, 0.2) is 30.3 Å². The Morgan fingerprint density at radius 1 is 1.43 bits per heavy atom. The molecule has 1 rings (SSSR count). The van der Waals surface area contributed by atoms with E-state index in [2.05, 4.69) is 10.6 Å². The molecule has 0 aliphatic rings. The SMILES string of the molecule is CNC(CN)C(=O)Nc1ccccc1. The molecule has 0 radical (unpaired) electrons. The van der Waals surface area contributed by atoms with Crippen LogP contribution in [0.2, 0.25) is 0 Å². The van der Waals surface area contributed by atoms with Crippen LogP contribution in [-0.2, 0) is 4.79 Å². The first-order chi connectivity index (χ1) is 6.77. The largest absolute Gasteiger partial charge is 0.328 e. The number of para-hydroxylation sites is 1. The molecule has 4 N–H and O–H groups in total. The summed E-state index contributed by atoms with van der Waals surface area (Å²) in [6.07, 6.45) is 0. The number of amides is 1. The summed E-state index contributed by atoms with van der Waals surface area (Å²) in [5.74, 6) is -0.110. The van der Waals surface area contributed by atoms with Crippen molar-refractivity contribution in [2.75, 3.05) is 18.9 Å². The quantitative estimate of drug-likeness (QED) is 0.638. The van der Waals surface area contributed by atoms with Crippen molar-refractivity contribution in [3.8, 4) is 0 Å². The number of anilines is 1. The van der Waals surface area contributed by atoms with Crippen LogP contribution in [0.5, 0.6) is 0 Å². The molecule has 0 saturated carbocycles. The van der Waals surface area contributed by atoms with Gasteiger partial charge in [-0.1, -0.05) is 18.2 Å². The molecule has 0 spiro atoms. The highest BCUT2D eigenvalue weighted by Gasteiger charge is 2.13.